The molecule has 0 spiro atoms. The number of carbonyl (C=O) groups is 1. The maximum atomic E-state index is 11.5. The number of hydrogen-bond donors (Lipinski definition) is 2. The molecule has 0 unspecified atom stereocenters. The SMILES string of the molecule is O=C(NCCO)c1coc(-c2ccccc2)n1. The Labute approximate surface area is 98.1 Å². The molecule has 0 fully saturated rings. The summed E-state index contributed by atoms with van der Waals surface area (Å²) < 4.78 is 5.22. The van der Waals surface area contributed by atoms with Crippen molar-refractivity contribution in [1.82, 2.24) is 10.3 Å². The Morgan fingerprint density at radius 3 is 2.82 bits per heavy atom. The molecule has 1 aromatic carbocycles. The summed E-state index contributed by atoms with van der Waals surface area (Å²) in [5, 5.41) is 11.1. The summed E-state index contributed by atoms with van der Waals surface area (Å²) in [6.07, 6.45) is 1.30. The van der Waals surface area contributed by atoms with Crippen LogP contribution >= 0.6 is 0 Å². The molecule has 0 saturated heterocycles. The molecule has 17 heavy (non-hydrogen) atoms. The Bertz CT molecular complexity index is 493. The van der Waals surface area contributed by atoms with Gasteiger partial charge in [0, 0.05) is 12.1 Å². The summed E-state index contributed by atoms with van der Waals surface area (Å²) >= 11 is 0. The number of aliphatic hydroxyl groups excluding tert-OH is 1. The number of aliphatic hydroxyl groups is 1. The van der Waals surface area contributed by atoms with E-state index in [0.29, 0.717) is 5.89 Å². The second-order valence-corrected chi connectivity index (χ2v) is 3.38. The first-order chi connectivity index (χ1) is 8.31. The Kier molecular flexibility index (Phi) is 3.52. The van der Waals surface area contributed by atoms with Crippen LogP contribution in [0.5, 0.6) is 0 Å². The molecule has 5 nitrogen and oxygen atoms in total. The molecule has 0 aliphatic carbocycles. The maximum Gasteiger partial charge on any atom is 0.273 e. The van der Waals surface area contributed by atoms with E-state index < -0.39 is 0 Å². The third kappa shape index (κ3) is 2.70. The predicted molar refractivity (Wildman–Crippen MR) is 61.4 cm³/mol. The minimum atomic E-state index is -0.356. The van der Waals surface area contributed by atoms with Crippen LogP contribution in [0.4, 0.5) is 0 Å². The van der Waals surface area contributed by atoms with Crippen LogP contribution in [0.15, 0.2) is 41.0 Å². The van der Waals surface area contributed by atoms with E-state index in [4.69, 9.17) is 9.52 Å². The monoisotopic (exact) mass is 232 g/mol. The van der Waals surface area contributed by atoms with Crippen LogP contribution < -0.4 is 5.32 Å². The normalized spacial score (nSPS) is 10.2. The molecular weight excluding hydrogens is 220 g/mol. The van der Waals surface area contributed by atoms with Gasteiger partial charge >= 0.3 is 0 Å². The highest BCUT2D eigenvalue weighted by Gasteiger charge is 2.12. The third-order valence-electron chi connectivity index (χ3n) is 2.15. The summed E-state index contributed by atoms with van der Waals surface area (Å²) in [6, 6.07) is 9.32. The number of oxazole rings is 1. The molecule has 0 aliphatic heterocycles. The van der Waals surface area contributed by atoms with E-state index in [0.717, 1.165) is 5.56 Å². The summed E-state index contributed by atoms with van der Waals surface area (Å²) in [7, 11) is 0. The highest BCUT2D eigenvalue weighted by molar-refractivity contribution is 5.92. The summed E-state index contributed by atoms with van der Waals surface area (Å²) in [6.45, 7) is 0.0987. The molecule has 2 N–H and O–H groups in total. The fourth-order valence-electron chi connectivity index (χ4n) is 1.35. The summed E-state index contributed by atoms with van der Waals surface area (Å²) in [5.74, 6) is 0.0460. The zero-order chi connectivity index (χ0) is 12.1. The lowest BCUT2D eigenvalue weighted by atomic mass is 10.2. The lowest BCUT2D eigenvalue weighted by Crippen LogP contribution is -2.26. The average molecular weight is 232 g/mol. The fourth-order valence-corrected chi connectivity index (χ4v) is 1.35. The number of hydrogen-bond acceptors (Lipinski definition) is 4. The molecule has 88 valence electrons. The zero-order valence-electron chi connectivity index (χ0n) is 9.09. The second kappa shape index (κ2) is 5.27. The first-order valence-corrected chi connectivity index (χ1v) is 5.21. The van der Waals surface area contributed by atoms with E-state index in [1.54, 1.807) is 0 Å². The van der Waals surface area contributed by atoms with Gasteiger partial charge in [0.1, 0.15) is 6.26 Å². The van der Waals surface area contributed by atoms with E-state index in [9.17, 15) is 4.79 Å². The zero-order valence-corrected chi connectivity index (χ0v) is 9.09. The molecule has 0 saturated carbocycles. The van der Waals surface area contributed by atoms with Gasteiger partial charge in [-0.25, -0.2) is 4.98 Å². The number of nitrogens with one attached hydrogen (secondary N) is 1. The lowest BCUT2D eigenvalue weighted by Gasteiger charge is -1.97. The molecule has 0 aliphatic rings. The summed E-state index contributed by atoms with van der Waals surface area (Å²) in [4.78, 5) is 15.6. The van der Waals surface area contributed by atoms with E-state index in [-0.39, 0.29) is 24.8 Å². The standard InChI is InChI=1S/C12H12N2O3/c15-7-6-13-11(16)10-8-17-12(14-10)9-4-2-1-3-5-9/h1-5,8,15H,6-7H2,(H,13,16). The molecule has 1 heterocycles. The lowest BCUT2D eigenvalue weighted by molar-refractivity contribution is 0.0940. The van der Waals surface area contributed by atoms with Gasteiger partial charge in [0.15, 0.2) is 5.69 Å². The molecular formula is C12H12N2O3. The number of rotatable bonds is 4. The molecule has 1 amide bonds. The Hall–Kier alpha value is -2.14. The Morgan fingerprint density at radius 2 is 2.12 bits per heavy atom. The number of aromatic nitrogens is 1. The molecule has 5 heteroatoms. The van der Waals surface area contributed by atoms with Crippen LogP contribution in [0.1, 0.15) is 10.5 Å². The predicted octanol–water partition coefficient (Wildman–Crippen LogP) is 1.06. The van der Waals surface area contributed by atoms with Gasteiger partial charge in [0.2, 0.25) is 5.89 Å². The Balaban J connectivity index is 2.14. The first kappa shape index (κ1) is 11.3. The third-order valence-corrected chi connectivity index (χ3v) is 2.15. The van der Waals surface area contributed by atoms with Crippen molar-refractivity contribution in [3.8, 4) is 11.5 Å². The van der Waals surface area contributed by atoms with Crippen molar-refractivity contribution in [3.63, 3.8) is 0 Å². The fraction of sp³-hybridized carbons (Fsp3) is 0.167. The van der Waals surface area contributed by atoms with Crippen LogP contribution in [0.3, 0.4) is 0 Å². The minimum Gasteiger partial charge on any atom is -0.444 e. The minimum absolute atomic E-state index is 0.102. The van der Waals surface area contributed by atoms with Crippen molar-refractivity contribution in [2.45, 2.75) is 0 Å². The maximum absolute atomic E-state index is 11.5. The molecule has 0 atom stereocenters. The van der Waals surface area contributed by atoms with E-state index in [1.807, 2.05) is 30.3 Å². The van der Waals surface area contributed by atoms with Gasteiger partial charge in [0.05, 0.1) is 6.61 Å². The molecule has 2 aromatic rings. The van der Waals surface area contributed by atoms with E-state index in [2.05, 4.69) is 10.3 Å². The van der Waals surface area contributed by atoms with Crippen molar-refractivity contribution in [1.29, 1.82) is 0 Å². The van der Waals surface area contributed by atoms with Crippen molar-refractivity contribution in [2.24, 2.45) is 0 Å². The van der Waals surface area contributed by atoms with Crippen LogP contribution in [0.2, 0.25) is 0 Å². The molecule has 1 aromatic heterocycles. The number of amides is 1. The van der Waals surface area contributed by atoms with E-state index >= 15 is 0 Å². The van der Waals surface area contributed by atoms with Crippen LogP contribution in [0, 0.1) is 0 Å². The number of carbonyl (C=O) groups excluding carboxylic acids is 1. The largest absolute Gasteiger partial charge is 0.444 e. The van der Waals surface area contributed by atoms with Gasteiger partial charge < -0.3 is 14.8 Å². The van der Waals surface area contributed by atoms with Crippen molar-refractivity contribution < 1.29 is 14.3 Å². The Morgan fingerprint density at radius 1 is 1.35 bits per heavy atom. The van der Waals surface area contributed by atoms with Gasteiger partial charge in [-0.1, -0.05) is 18.2 Å². The molecule has 0 bridgehead atoms. The van der Waals surface area contributed by atoms with Gasteiger partial charge in [-0.15, -0.1) is 0 Å². The van der Waals surface area contributed by atoms with Crippen molar-refractivity contribution >= 4 is 5.91 Å². The van der Waals surface area contributed by atoms with Crippen molar-refractivity contribution in [2.75, 3.05) is 13.2 Å². The topological polar surface area (TPSA) is 75.4 Å². The molecule has 2 rings (SSSR count). The first-order valence-electron chi connectivity index (χ1n) is 5.21. The van der Waals surface area contributed by atoms with Gasteiger partial charge in [0.25, 0.3) is 5.91 Å². The average Bonchev–Trinajstić information content (AvgIpc) is 2.86. The van der Waals surface area contributed by atoms with Crippen LogP contribution in [-0.2, 0) is 0 Å². The number of nitrogens with zero attached hydrogens (tertiary/aromatic N) is 1. The van der Waals surface area contributed by atoms with Gasteiger partial charge in [-0.3, -0.25) is 4.79 Å². The van der Waals surface area contributed by atoms with Gasteiger partial charge in [-0.2, -0.15) is 0 Å². The van der Waals surface area contributed by atoms with Crippen LogP contribution in [0.25, 0.3) is 11.5 Å². The summed E-state index contributed by atoms with van der Waals surface area (Å²) in [5.41, 5.74) is 1.02. The quantitative estimate of drug-likeness (QED) is 0.826. The number of benzene rings is 1. The van der Waals surface area contributed by atoms with Crippen molar-refractivity contribution in [3.05, 3.63) is 42.3 Å². The highest BCUT2D eigenvalue weighted by Crippen LogP contribution is 2.17. The van der Waals surface area contributed by atoms with E-state index in [1.165, 1.54) is 6.26 Å². The second-order valence-electron chi connectivity index (χ2n) is 3.38. The molecule has 0 radical (unpaired) electrons. The van der Waals surface area contributed by atoms with Gasteiger partial charge in [-0.05, 0) is 12.1 Å². The highest BCUT2D eigenvalue weighted by atomic mass is 16.3. The smallest absolute Gasteiger partial charge is 0.273 e. The van der Waals surface area contributed by atoms with Crippen LogP contribution in [-0.4, -0.2) is 29.1 Å².